The summed E-state index contributed by atoms with van der Waals surface area (Å²) in [4.78, 5) is 14.4. The maximum atomic E-state index is 10.0. The SMILES string of the molecule is CC(c1ccc(Cl)cc1Cl)n1nc(C#N)c2ncc(N3CC([C@@H]4CCCN(CCCC(C)(C)O)C4)C3)nc21. The molecule has 1 aromatic carbocycles. The minimum Gasteiger partial charge on any atom is -0.390 e. The molecule has 8 nitrogen and oxygen atoms in total. The van der Waals surface area contributed by atoms with Crippen molar-refractivity contribution in [3.8, 4) is 6.07 Å². The monoisotopic (exact) mass is 555 g/mol. The van der Waals surface area contributed by atoms with Crippen molar-refractivity contribution in [2.75, 3.05) is 37.6 Å². The predicted molar refractivity (Wildman–Crippen MR) is 151 cm³/mol. The Labute approximate surface area is 234 Å². The van der Waals surface area contributed by atoms with Crippen LogP contribution in [0.15, 0.2) is 24.4 Å². The van der Waals surface area contributed by atoms with Crippen molar-refractivity contribution in [2.24, 2.45) is 11.8 Å². The average Bonchev–Trinajstić information content (AvgIpc) is 3.20. The van der Waals surface area contributed by atoms with Gasteiger partial charge < -0.3 is 14.9 Å². The number of nitrogens with zero attached hydrogens (tertiary/aromatic N) is 7. The van der Waals surface area contributed by atoms with E-state index < -0.39 is 5.60 Å². The van der Waals surface area contributed by atoms with E-state index in [1.165, 1.54) is 12.8 Å². The first-order valence-corrected chi connectivity index (χ1v) is 14.2. The van der Waals surface area contributed by atoms with Crippen molar-refractivity contribution in [1.82, 2.24) is 24.6 Å². The average molecular weight is 557 g/mol. The molecule has 1 unspecified atom stereocenters. The lowest BCUT2D eigenvalue weighted by atomic mass is 9.80. The number of anilines is 1. The summed E-state index contributed by atoms with van der Waals surface area (Å²) in [7, 11) is 0. The summed E-state index contributed by atoms with van der Waals surface area (Å²) < 4.78 is 1.74. The standard InChI is InChI=1S/C28H35Cl2N7O/c1-18(22-8-7-21(29)12-23(22)30)37-27-26(24(13-31)34-37)32-14-25(33-27)36-16-20(17-36)19-6-4-10-35(15-19)11-5-9-28(2,3)38/h7-8,12,14,18-20,38H,4-6,9-11,15-17H2,1-3H3/t18?,19-/m1/s1. The lowest BCUT2D eigenvalue weighted by molar-refractivity contribution is 0.0594. The number of likely N-dealkylation sites (tertiary alicyclic amines) is 1. The molecule has 5 rings (SSSR count). The molecule has 2 saturated heterocycles. The van der Waals surface area contributed by atoms with Gasteiger partial charge in [-0.1, -0.05) is 29.3 Å². The zero-order valence-electron chi connectivity index (χ0n) is 22.2. The van der Waals surface area contributed by atoms with Crippen LogP contribution in [0.2, 0.25) is 10.0 Å². The summed E-state index contributed by atoms with van der Waals surface area (Å²) in [6, 6.07) is 7.30. The van der Waals surface area contributed by atoms with E-state index >= 15 is 0 Å². The van der Waals surface area contributed by atoms with Crippen LogP contribution in [0.25, 0.3) is 11.2 Å². The van der Waals surface area contributed by atoms with E-state index in [0.717, 1.165) is 56.9 Å². The molecule has 202 valence electrons. The predicted octanol–water partition coefficient (Wildman–Crippen LogP) is 5.31. The molecule has 38 heavy (non-hydrogen) atoms. The lowest BCUT2D eigenvalue weighted by Gasteiger charge is -2.47. The van der Waals surface area contributed by atoms with Gasteiger partial charge in [-0.3, -0.25) is 0 Å². The summed E-state index contributed by atoms with van der Waals surface area (Å²) >= 11 is 12.6. The fraction of sp³-hybridized carbons (Fsp3) is 0.571. The van der Waals surface area contributed by atoms with Gasteiger partial charge in [0, 0.05) is 29.7 Å². The van der Waals surface area contributed by atoms with Crippen LogP contribution < -0.4 is 4.90 Å². The molecule has 1 N–H and O–H groups in total. The van der Waals surface area contributed by atoms with Crippen molar-refractivity contribution in [3.63, 3.8) is 0 Å². The van der Waals surface area contributed by atoms with Crippen LogP contribution in [0.5, 0.6) is 0 Å². The van der Waals surface area contributed by atoms with Crippen molar-refractivity contribution < 1.29 is 5.11 Å². The summed E-state index contributed by atoms with van der Waals surface area (Å²) in [6.07, 6.45) is 6.12. The number of benzene rings is 1. The third-order valence-electron chi connectivity index (χ3n) is 7.98. The van der Waals surface area contributed by atoms with Gasteiger partial charge in [-0.2, -0.15) is 10.4 Å². The molecule has 0 amide bonds. The summed E-state index contributed by atoms with van der Waals surface area (Å²) in [5.74, 6) is 2.13. The van der Waals surface area contributed by atoms with Crippen LogP contribution in [0, 0.1) is 23.2 Å². The van der Waals surface area contributed by atoms with Crippen molar-refractivity contribution >= 4 is 40.2 Å². The highest BCUT2D eigenvalue weighted by Gasteiger charge is 2.37. The maximum absolute atomic E-state index is 10.0. The number of hydrogen-bond acceptors (Lipinski definition) is 7. The quantitative estimate of drug-likeness (QED) is 0.402. The van der Waals surface area contributed by atoms with E-state index in [1.807, 2.05) is 26.8 Å². The fourth-order valence-electron chi connectivity index (χ4n) is 5.78. The minimum atomic E-state index is -0.589. The Morgan fingerprint density at radius 1 is 1.21 bits per heavy atom. The molecule has 0 saturated carbocycles. The van der Waals surface area contributed by atoms with Crippen LogP contribution in [0.4, 0.5) is 5.82 Å². The molecule has 2 fully saturated rings. The molecule has 0 aliphatic carbocycles. The second-order valence-electron chi connectivity index (χ2n) is 11.4. The van der Waals surface area contributed by atoms with Crippen LogP contribution >= 0.6 is 23.2 Å². The highest BCUT2D eigenvalue weighted by molar-refractivity contribution is 6.35. The third kappa shape index (κ3) is 5.76. The second kappa shape index (κ2) is 11.0. The van der Waals surface area contributed by atoms with Crippen molar-refractivity contribution in [3.05, 3.63) is 45.7 Å². The normalized spacial score (nSPS) is 19.9. The number of aliphatic hydroxyl groups is 1. The summed E-state index contributed by atoms with van der Waals surface area (Å²) in [5.41, 5.74) is 1.60. The topological polar surface area (TPSA) is 94.1 Å². The van der Waals surface area contributed by atoms with Gasteiger partial charge in [-0.15, -0.1) is 0 Å². The third-order valence-corrected chi connectivity index (χ3v) is 8.54. The van der Waals surface area contributed by atoms with Crippen molar-refractivity contribution in [1.29, 1.82) is 5.26 Å². The molecule has 2 atom stereocenters. The van der Waals surface area contributed by atoms with Crippen LogP contribution in [0.1, 0.15) is 63.8 Å². The zero-order valence-corrected chi connectivity index (χ0v) is 23.8. The molecule has 4 heterocycles. The summed E-state index contributed by atoms with van der Waals surface area (Å²) in [6.45, 7) is 11.0. The molecule has 0 radical (unpaired) electrons. The van der Waals surface area contributed by atoms with Crippen molar-refractivity contribution in [2.45, 2.75) is 58.1 Å². The van der Waals surface area contributed by atoms with Gasteiger partial charge in [0.25, 0.3) is 0 Å². The molecule has 2 aromatic heterocycles. The minimum absolute atomic E-state index is 0.248. The first kappa shape index (κ1) is 27.1. The number of hydrogen-bond donors (Lipinski definition) is 1. The van der Waals surface area contributed by atoms with E-state index in [0.29, 0.717) is 33.0 Å². The largest absolute Gasteiger partial charge is 0.390 e. The lowest BCUT2D eigenvalue weighted by Crippen LogP contribution is -2.54. The van der Waals surface area contributed by atoms with E-state index in [9.17, 15) is 10.4 Å². The maximum Gasteiger partial charge on any atom is 0.190 e. The molecular formula is C28H35Cl2N7O. The molecule has 0 bridgehead atoms. The van der Waals surface area contributed by atoms with E-state index in [2.05, 4.69) is 26.0 Å². The van der Waals surface area contributed by atoms with Gasteiger partial charge in [0.05, 0.1) is 17.8 Å². The first-order valence-electron chi connectivity index (χ1n) is 13.4. The molecule has 2 aliphatic rings. The Balaban J connectivity index is 1.28. The van der Waals surface area contributed by atoms with Crippen LogP contribution in [0.3, 0.4) is 0 Å². The van der Waals surface area contributed by atoms with Crippen LogP contribution in [-0.4, -0.2) is 68.1 Å². The van der Waals surface area contributed by atoms with Gasteiger partial charge in [0.1, 0.15) is 17.4 Å². The number of nitriles is 1. The first-order chi connectivity index (χ1) is 18.1. The highest BCUT2D eigenvalue weighted by Crippen LogP contribution is 2.35. The van der Waals surface area contributed by atoms with Gasteiger partial charge in [-0.05, 0) is 89.1 Å². The number of rotatable bonds is 8. The van der Waals surface area contributed by atoms with E-state index in [1.54, 1.807) is 23.0 Å². The molecular weight excluding hydrogens is 521 g/mol. The Kier molecular flexibility index (Phi) is 7.84. The number of halogens is 2. The van der Waals surface area contributed by atoms with E-state index in [-0.39, 0.29) is 11.7 Å². The smallest absolute Gasteiger partial charge is 0.190 e. The van der Waals surface area contributed by atoms with Gasteiger partial charge in [0.15, 0.2) is 11.3 Å². The number of piperidine rings is 1. The zero-order chi connectivity index (χ0) is 27.0. The molecule has 3 aromatic rings. The Morgan fingerprint density at radius 3 is 2.71 bits per heavy atom. The number of fused-ring (bicyclic) bond motifs is 1. The van der Waals surface area contributed by atoms with E-state index in [4.69, 9.17) is 28.2 Å². The Bertz CT molecular complexity index is 1340. The summed E-state index contributed by atoms with van der Waals surface area (Å²) in [5, 5.41) is 25.3. The van der Waals surface area contributed by atoms with Crippen LogP contribution in [-0.2, 0) is 0 Å². The number of aromatic nitrogens is 4. The van der Waals surface area contributed by atoms with Gasteiger partial charge in [-0.25, -0.2) is 14.6 Å². The van der Waals surface area contributed by atoms with Gasteiger partial charge in [0.2, 0.25) is 0 Å². The highest BCUT2D eigenvalue weighted by atomic mass is 35.5. The molecule has 0 spiro atoms. The Morgan fingerprint density at radius 2 is 2.00 bits per heavy atom. The molecule has 10 heteroatoms. The van der Waals surface area contributed by atoms with Gasteiger partial charge >= 0.3 is 0 Å². The second-order valence-corrected chi connectivity index (χ2v) is 12.3. The fourth-order valence-corrected chi connectivity index (χ4v) is 6.35. The Hall–Kier alpha value is -2.44. The molecule has 2 aliphatic heterocycles.